The van der Waals surface area contributed by atoms with Crippen LogP contribution in [0.15, 0.2) is 24.3 Å². The van der Waals surface area contributed by atoms with Crippen molar-refractivity contribution < 1.29 is 24.2 Å². The Kier molecular flexibility index (Phi) is 4.32. The second-order valence-electron chi connectivity index (χ2n) is 3.10. The predicted octanol–water partition coefficient (Wildman–Crippen LogP) is -0.217. The van der Waals surface area contributed by atoms with E-state index in [4.69, 9.17) is 9.47 Å². The molecule has 0 aliphatic carbocycles. The molecular weight excluding hydrogens is 212 g/mol. The summed E-state index contributed by atoms with van der Waals surface area (Å²) in [7, 11) is 0. The van der Waals surface area contributed by atoms with E-state index in [1.807, 2.05) is 0 Å². The highest BCUT2D eigenvalue weighted by molar-refractivity contribution is 5.77. The van der Waals surface area contributed by atoms with E-state index < -0.39 is 12.6 Å². The minimum absolute atomic E-state index is 0.0777. The van der Waals surface area contributed by atoms with Gasteiger partial charge in [-0.25, -0.2) is 0 Å². The van der Waals surface area contributed by atoms with Crippen molar-refractivity contribution >= 4 is 11.8 Å². The van der Waals surface area contributed by atoms with Crippen molar-refractivity contribution in [3.05, 3.63) is 24.3 Å². The molecule has 16 heavy (non-hydrogen) atoms. The lowest BCUT2D eigenvalue weighted by Gasteiger charge is -2.11. The summed E-state index contributed by atoms with van der Waals surface area (Å²) in [6.07, 6.45) is 0. The highest BCUT2D eigenvalue weighted by Crippen LogP contribution is 2.26. The third kappa shape index (κ3) is 4.00. The van der Waals surface area contributed by atoms with Crippen LogP contribution >= 0.6 is 0 Å². The molecule has 5 heteroatoms. The van der Waals surface area contributed by atoms with Crippen LogP contribution in [0.2, 0.25) is 0 Å². The fourth-order valence-electron chi connectivity index (χ4n) is 1.00. The van der Waals surface area contributed by atoms with Gasteiger partial charge < -0.3 is 19.4 Å². The molecule has 1 aromatic rings. The Morgan fingerprint density at radius 3 is 2.06 bits per heavy atom. The van der Waals surface area contributed by atoms with E-state index in [-0.39, 0.29) is 18.1 Å². The van der Waals surface area contributed by atoms with Crippen LogP contribution in [0, 0.1) is 0 Å². The fraction of sp³-hybridized carbons (Fsp3) is 0.273. The van der Waals surface area contributed by atoms with Crippen LogP contribution in [-0.2, 0) is 9.59 Å². The first-order valence-electron chi connectivity index (χ1n) is 4.63. The number of carbonyl (C=O) groups excluding carboxylic acids is 2. The van der Waals surface area contributed by atoms with Crippen molar-refractivity contribution in [3.63, 3.8) is 0 Å². The standard InChI is InChI=1S/C11H12O5/c1-8(12)6-15-9-4-2-3-5-10(9)16-7-11(13)14/h2-5H,6-7H2,1H3,(H,13,14)/p-1. The Bertz CT molecular complexity index is 349. The van der Waals surface area contributed by atoms with Crippen molar-refractivity contribution in [1.29, 1.82) is 0 Å². The lowest BCUT2D eigenvalue weighted by atomic mass is 10.3. The molecule has 0 heterocycles. The summed E-state index contributed by atoms with van der Waals surface area (Å²) >= 11 is 0. The third-order valence-electron chi connectivity index (χ3n) is 1.63. The number of hydrogen-bond acceptors (Lipinski definition) is 5. The van der Waals surface area contributed by atoms with E-state index in [0.717, 1.165) is 0 Å². The summed E-state index contributed by atoms with van der Waals surface area (Å²) < 4.78 is 10.1. The molecule has 0 radical (unpaired) electrons. The van der Waals surface area contributed by atoms with Gasteiger partial charge in [0, 0.05) is 0 Å². The van der Waals surface area contributed by atoms with Gasteiger partial charge in [0.05, 0.1) is 5.97 Å². The van der Waals surface area contributed by atoms with Crippen molar-refractivity contribution in [2.45, 2.75) is 6.92 Å². The number of ether oxygens (including phenoxy) is 2. The Hall–Kier alpha value is -2.04. The van der Waals surface area contributed by atoms with Crippen molar-refractivity contribution in [3.8, 4) is 11.5 Å². The smallest absolute Gasteiger partial charge is 0.167 e. The lowest BCUT2D eigenvalue weighted by Crippen LogP contribution is -2.29. The Labute approximate surface area is 92.6 Å². The lowest BCUT2D eigenvalue weighted by molar-refractivity contribution is -0.307. The molecule has 0 aliphatic rings. The van der Waals surface area contributed by atoms with Crippen LogP contribution < -0.4 is 14.6 Å². The summed E-state index contributed by atoms with van der Waals surface area (Å²) in [5, 5.41) is 10.2. The van der Waals surface area contributed by atoms with Crippen LogP contribution in [0.25, 0.3) is 0 Å². The van der Waals surface area contributed by atoms with Gasteiger partial charge in [-0.15, -0.1) is 0 Å². The summed E-state index contributed by atoms with van der Waals surface area (Å²) in [4.78, 5) is 20.9. The van der Waals surface area contributed by atoms with E-state index in [2.05, 4.69) is 0 Å². The highest BCUT2D eigenvalue weighted by atomic mass is 16.5. The van der Waals surface area contributed by atoms with E-state index in [9.17, 15) is 14.7 Å². The summed E-state index contributed by atoms with van der Waals surface area (Å²) in [6, 6.07) is 6.51. The van der Waals surface area contributed by atoms with Gasteiger partial charge in [-0.2, -0.15) is 0 Å². The van der Waals surface area contributed by atoms with E-state index >= 15 is 0 Å². The van der Waals surface area contributed by atoms with Gasteiger partial charge in [0.1, 0.15) is 13.2 Å². The van der Waals surface area contributed by atoms with E-state index in [0.29, 0.717) is 5.75 Å². The van der Waals surface area contributed by atoms with E-state index in [1.54, 1.807) is 24.3 Å². The number of benzene rings is 1. The largest absolute Gasteiger partial charge is 0.546 e. The fourth-order valence-corrected chi connectivity index (χ4v) is 1.00. The average molecular weight is 223 g/mol. The molecule has 0 aromatic heterocycles. The normalized spacial score (nSPS) is 9.56. The number of ketones is 1. The minimum Gasteiger partial charge on any atom is -0.546 e. The maximum atomic E-state index is 10.7. The molecule has 0 saturated heterocycles. The molecule has 0 unspecified atom stereocenters. The molecule has 0 atom stereocenters. The van der Waals surface area contributed by atoms with Gasteiger partial charge in [0.25, 0.3) is 0 Å². The molecule has 5 nitrogen and oxygen atoms in total. The molecule has 0 spiro atoms. The van der Waals surface area contributed by atoms with Gasteiger partial charge in [0.2, 0.25) is 0 Å². The van der Waals surface area contributed by atoms with Crippen molar-refractivity contribution in [1.82, 2.24) is 0 Å². The summed E-state index contributed by atoms with van der Waals surface area (Å²) in [5.41, 5.74) is 0. The predicted molar refractivity (Wildman–Crippen MR) is 53.1 cm³/mol. The minimum atomic E-state index is -1.32. The first-order chi connectivity index (χ1) is 7.59. The number of aliphatic carboxylic acids is 1. The van der Waals surface area contributed by atoms with Crippen molar-refractivity contribution in [2.24, 2.45) is 0 Å². The topological polar surface area (TPSA) is 75.7 Å². The first-order valence-corrected chi connectivity index (χ1v) is 4.63. The first kappa shape index (κ1) is 12.0. The van der Waals surface area contributed by atoms with Crippen LogP contribution in [0.5, 0.6) is 11.5 Å². The summed E-state index contributed by atoms with van der Waals surface area (Å²) in [6.45, 7) is 0.761. The second-order valence-corrected chi connectivity index (χ2v) is 3.10. The average Bonchev–Trinajstić information content (AvgIpc) is 2.24. The zero-order valence-corrected chi connectivity index (χ0v) is 8.76. The van der Waals surface area contributed by atoms with Gasteiger partial charge in [-0.3, -0.25) is 4.79 Å². The number of hydrogen-bond donors (Lipinski definition) is 0. The van der Waals surface area contributed by atoms with Gasteiger partial charge >= 0.3 is 0 Å². The molecule has 86 valence electrons. The summed E-state index contributed by atoms with van der Waals surface area (Å²) in [5.74, 6) is -0.844. The molecule has 0 fully saturated rings. The highest BCUT2D eigenvalue weighted by Gasteiger charge is 2.05. The van der Waals surface area contributed by atoms with E-state index in [1.165, 1.54) is 6.92 Å². The maximum Gasteiger partial charge on any atom is 0.167 e. The zero-order valence-electron chi connectivity index (χ0n) is 8.76. The SMILES string of the molecule is CC(=O)COc1ccccc1OCC(=O)[O-]. The second kappa shape index (κ2) is 5.75. The Morgan fingerprint density at radius 2 is 1.62 bits per heavy atom. The molecule has 1 rings (SSSR count). The third-order valence-corrected chi connectivity index (χ3v) is 1.63. The molecule has 0 aliphatic heterocycles. The van der Waals surface area contributed by atoms with Crippen LogP contribution in [0.3, 0.4) is 0 Å². The quantitative estimate of drug-likeness (QED) is 0.666. The van der Waals surface area contributed by atoms with Crippen LogP contribution in [0.4, 0.5) is 0 Å². The molecule has 0 saturated carbocycles. The van der Waals surface area contributed by atoms with Gasteiger partial charge in [-0.1, -0.05) is 12.1 Å². The number of Topliss-reactive ketones (excluding diaryl/α,β-unsaturated/α-hetero) is 1. The van der Waals surface area contributed by atoms with Crippen molar-refractivity contribution in [2.75, 3.05) is 13.2 Å². The van der Waals surface area contributed by atoms with Gasteiger partial charge in [0.15, 0.2) is 17.3 Å². The number of carbonyl (C=O) groups is 2. The van der Waals surface area contributed by atoms with Gasteiger partial charge in [-0.05, 0) is 19.1 Å². The number of carboxylic acid groups (broad SMARTS) is 1. The molecular formula is C11H11O5-. The number of rotatable bonds is 6. The monoisotopic (exact) mass is 223 g/mol. The number of para-hydroxylation sites is 2. The Balaban J connectivity index is 2.67. The molecule has 0 N–H and O–H groups in total. The molecule has 0 amide bonds. The number of carboxylic acids is 1. The Morgan fingerprint density at radius 1 is 1.12 bits per heavy atom. The zero-order chi connectivity index (χ0) is 12.0. The van der Waals surface area contributed by atoms with Crippen LogP contribution in [-0.4, -0.2) is 25.0 Å². The molecule has 0 bridgehead atoms. The molecule has 1 aromatic carbocycles. The maximum absolute atomic E-state index is 10.7. The van der Waals surface area contributed by atoms with Crippen LogP contribution in [0.1, 0.15) is 6.92 Å².